The van der Waals surface area contributed by atoms with Crippen molar-refractivity contribution in [2.45, 2.75) is 20.3 Å². The van der Waals surface area contributed by atoms with Gasteiger partial charge in [0.15, 0.2) is 17.0 Å². The second-order valence-electron chi connectivity index (χ2n) is 5.18. The van der Waals surface area contributed by atoms with Crippen molar-refractivity contribution in [3.63, 3.8) is 0 Å². The Morgan fingerprint density at radius 1 is 1.32 bits per heavy atom. The third kappa shape index (κ3) is 1.47. The number of nitrogens with zero attached hydrogens (tertiary/aromatic N) is 1. The second kappa shape index (κ2) is 3.76. The van der Waals surface area contributed by atoms with Crippen LogP contribution in [0.5, 0.6) is 0 Å². The maximum atomic E-state index is 12.0. The Bertz CT molecular complexity index is 723. The summed E-state index contributed by atoms with van der Waals surface area (Å²) in [6.45, 7) is 4.24. The summed E-state index contributed by atoms with van der Waals surface area (Å²) in [7, 11) is -0.417. The summed E-state index contributed by atoms with van der Waals surface area (Å²) in [6, 6.07) is 0.477. The lowest BCUT2D eigenvalue weighted by Gasteiger charge is -2.01. The molecular formula is C12H14BrN2O3P. The average Bonchev–Trinajstić information content (AvgIpc) is 2.90. The van der Waals surface area contributed by atoms with E-state index in [0.29, 0.717) is 28.9 Å². The van der Waals surface area contributed by atoms with Crippen LogP contribution in [0.25, 0.3) is 11.5 Å². The lowest BCUT2D eigenvalue weighted by molar-refractivity contribution is 0.480. The van der Waals surface area contributed by atoms with Crippen LogP contribution < -0.4 is 21.4 Å². The predicted octanol–water partition coefficient (Wildman–Crippen LogP) is 2.02. The minimum Gasteiger partial charge on any atom is -0.449 e. The summed E-state index contributed by atoms with van der Waals surface area (Å²) in [5, 5.41) is 4.75. The number of fused-ring (bicyclic) bond motifs is 1. The van der Waals surface area contributed by atoms with Gasteiger partial charge in [0, 0.05) is 13.5 Å². The van der Waals surface area contributed by atoms with Crippen LogP contribution in [0, 0.1) is 5.92 Å². The molecule has 3 aliphatic heterocycles. The number of nitrogens with one attached hydrogen (secondary N) is 1. The molecule has 2 aromatic rings. The standard InChI is InChI=1S/C12H13N2O3P.BrH/c1-5(2)4-6-7(14-12(13-3)16-6)8-9-10-11(17-8)18(9,10)15;/h5H,4H2,1-3H3,(H,13,14);1H. The van der Waals surface area contributed by atoms with Crippen molar-refractivity contribution in [1.82, 2.24) is 4.98 Å². The molecule has 1 unspecified atom stereocenters. The molecule has 0 saturated heterocycles. The Morgan fingerprint density at radius 2 is 2.00 bits per heavy atom. The largest absolute Gasteiger partial charge is 0.449 e. The van der Waals surface area contributed by atoms with E-state index >= 15 is 0 Å². The van der Waals surface area contributed by atoms with Crippen molar-refractivity contribution in [1.29, 1.82) is 0 Å². The highest BCUT2D eigenvalue weighted by Gasteiger charge is 2.75. The fourth-order valence-corrected chi connectivity index (χ4v) is 4.89. The van der Waals surface area contributed by atoms with Crippen LogP contribution in [0.15, 0.2) is 8.83 Å². The monoisotopic (exact) mass is 344 g/mol. The second-order valence-corrected chi connectivity index (χ2v) is 7.70. The number of furan rings is 1. The normalized spacial score (nSPS) is 21.1. The van der Waals surface area contributed by atoms with Crippen molar-refractivity contribution >= 4 is 46.2 Å². The number of aromatic nitrogens is 1. The average molecular weight is 345 g/mol. The molecule has 2 bridgehead atoms. The van der Waals surface area contributed by atoms with Crippen LogP contribution in [0.3, 0.4) is 0 Å². The van der Waals surface area contributed by atoms with Gasteiger partial charge in [-0.15, -0.1) is 17.0 Å². The topological polar surface area (TPSA) is 68.3 Å². The molecule has 0 spiro atoms. The van der Waals surface area contributed by atoms with Crippen LogP contribution in [-0.2, 0) is 11.0 Å². The quantitative estimate of drug-likeness (QED) is 0.573. The maximum absolute atomic E-state index is 12.0. The Kier molecular flexibility index (Phi) is 2.58. The van der Waals surface area contributed by atoms with Gasteiger partial charge in [0.2, 0.25) is 7.14 Å². The third-order valence-corrected chi connectivity index (χ3v) is 5.93. The van der Waals surface area contributed by atoms with Gasteiger partial charge in [0.25, 0.3) is 6.01 Å². The molecule has 0 saturated carbocycles. The first kappa shape index (κ1) is 13.0. The van der Waals surface area contributed by atoms with E-state index in [9.17, 15) is 4.57 Å². The minimum absolute atomic E-state index is 0. The first-order chi connectivity index (χ1) is 8.57. The summed E-state index contributed by atoms with van der Waals surface area (Å²) in [6.07, 6.45) is 0.791. The fraction of sp³-hybridized carbons (Fsp3) is 0.417. The Labute approximate surface area is 120 Å². The van der Waals surface area contributed by atoms with E-state index in [4.69, 9.17) is 8.83 Å². The molecule has 5 nitrogen and oxygen atoms in total. The summed E-state index contributed by atoms with van der Waals surface area (Å²) >= 11 is 0. The molecule has 1 N–H and O–H groups in total. The van der Waals surface area contributed by atoms with Crippen LogP contribution in [0.4, 0.5) is 6.01 Å². The van der Waals surface area contributed by atoms with E-state index in [1.54, 1.807) is 7.05 Å². The number of anilines is 1. The van der Waals surface area contributed by atoms with E-state index in [0.717, 1.165) is 22.8 Å². The maximum Gasteiger partial charge on any atom is 0.295 e. The van der Waals surface area contributed by atoms with Crippen LogP contribution in [0.1, 0.15) is 19.6 Å². The first-order valence-corrected chi connectivity index (χ1v) is 7.74. The lowest BCUT2D eigenvalue weighted by Crippen LogP contribution is -1.99. The fourth-order valence-electron chi connectivity index (χ4n) is 2.41. The van der Waals surface area contributed by atoms with E-state index in [1.165, 1.54) is 0 Å². The molecular weight excluding hydrogens is 331 g/mol. The Morgan fingerprint density at radius 3 is 2.47 bits per heavy atom. The van der Waals surface area contributed by atoms with Gasteiger partial charge in [0.05, 0.1) is 10.6 Å². The third-order valence-electron chi connectivity index (χ3n) is 3.38. The SMILES string of the molecule is Br.CNc1nc(-c2oc3c4c2P34=O)c(CC(C)C)o1. The molecule has 7 heteroatoms. The van der Waals surface area contributed by atoms with E-state index < -0.39 is 7.14 Å². The van der Waals surface area contributed by atoms with Crippen molar-refractivity contribution < 1.29 is 13.4 Å². The number of hydrogen-bond donors (Lipinski definition) is 1. The van der Waals surface area contributed by atoms with Gasteiger partial charge in [-0.05, 0) is 5.92 Å². The van der Waals surface area contributed by atoms with Crippen LogP contribution in [0.2, 0.25) is 0 Å². The van der Waals surface area contributed by atoms with Crippen LogP contribution >= 0.6 is 24.1 Å². The van der Waals surface area contributed by atoms with Crippen molar-refractivity contribution in [3.05, 3.63) is 5.76 Å². The van der Waals surface area contributed by atoms with Gasteiger partial charge in [-0.25, -0.2) is 0 Å². The molecule has 2 aromatic heterocycles. The molecule has 19 heavy (non-hydrogen) atoms. The number of hydrogen-bond acceptors (Lipinski definition) is 5. The summed E-state index contributed by atoms with van der Waals surface area (Å²) < 4.78 is 23.2. The highest BCUT2D eigenvalue weighted by Crippen LogP contribution is 2.70. The highest BCUT2D eigenvalue weighted by atomic mass is 79.9. The highest BCUT2D eigenvalue weighted by molar-refractivity contribution is 8.93. The zero-order valence-corrected chi connectivity index (χ0v) is 13.4. The molecule has 5 rings (SSSR count). The zero-order chi connectivity index (χ0) is 12.7. The van der Waals surface area contributed by atoms with E-state index in [-0.39, 0.29) is 17.0 Å². The van der Waals surface area contributed by atoms with E-state index in [1.807, 2.05) is 0 Å². The Hall–Kier alpha value is -1.00. The molecule has 5 heterocycles. The summed E-state index contributed by atoms with van der Waals surface area (Å²) in [5.41, 5.74) is 1.42. The molecule has 0 amide bonds. The minimum atomic E-state index is -2.18. The molecule has 1 atom stereocenters. The lowest BCUT2D eigenvalue weighted by atomic mass is 10.1. The summed E-state index contributed by atoms with van der Waals surface area (Å²) in [5.74, 6) is 1.94. The van der Waals surface area contributed by atoms with E-state index in [2.05, 4.69) is 24.1 Å². The Balaban J connectivity index is 0.00000110. The van der Waals surface area contributed by atoms with Gasteiger partial charge in [-0.1, -0.05) is 13.8 Å². The molecule has 0 radical (unpaired) electrons. The molecule has 3 aliphatic rings. The van der Waals surface area contributed by atoms with Gasteiger partial charge < -0.3 is 18.7 Å². The van der Waals surface area contributed by atoms with Gasteiger partial charge in [0.1, 0.15) is 5.76 Å². The van der Waals surface area contributed by atoms with Gasteiger partial charge >= 0.3 is 0 Å². The number of rotatable bonds is 4. The van der Waals surface area contributed by atoms with Crippen molar-refractivity contribution in [3.8, 4) is 11.5 Å². The van der Waals surface area contributed by atoms with Crippen molar-refractivity contribution in [2.75, 3.05) is 12.4 Å². The number of oxazole rings is 1. The molecule has 0 aliphatic carbocycles. The smallest absolute Gasteiger partial charge is 0.295 e. The van der Waals surface area contributed by atoms with Crippen LogP contribution in [-0.4, -0.2) is 12.0 Å². The van der Waals surface area contributed by atoms with Crippen molar-refractivity contribution in [2.24, 2.45) is 5.92 Å². The first-order valence-electron chi connectivity index (χ1n) is 6.03. The predicted molar refractivity (Wildman–Crippen MR) is 79.1 cm³/mol. The molecule has 0 aromatic carbocycles. The van der Waals surface area contributed by atoms with Gasteiger partial charge in [-0.2, -0.15) is 4.98 Å². The molecule has 0 fully saturated rings. The summed E-state index contributed by atoms with van der Waals surface area (Å²) in [4.78, 5) is 4.38. The zero-order valence-electron chi connectivity index (χ0n) is 10.8. The van der Waals surface area contributed by atoms with Gasteiger partial charge in [-0.3, -0.25) is 0 Å². The molecule has 102 valence electrons. The number of halogens is 1.